The molecule has 0 radical (unpaired) electrons. The molecule has 7 nitrogen and oxygen atoms in total. The number of H-pyrrole nitrogens is 1. The van der Waals surface area contributed by atoms with Crippen molar-refractivity contribution in [3.8, 4) is 0 Å². The van der Waals surface area contributed by atoms with Gasteiger partial charge < -0.3 is 10.0 Å². The number of likely N-dealkylation sites (tertiary alicyclic amines) is 1. The fourth-order valence-corrected chi connectivity index (χ4v) is 2.57. The number of piperidine rings is 1. The van der Waals surface area contributed by atoms with Crippen molar-refractivity contribution in [3.63, 3.8) is 0 Å². The van der Waals surface area contributed by atoms with Crippen LogP contribution in [-0.2, 0) is 9.59 Å². The molecule has 1 aliphatic rings. The van der Waals surface area contributed by atoms with Crippen LogP contribution in [0.2, 0.25) is 0 Å². The molecule has 2 N–H and O–H groups in total. The summed E-state index contributed by atoms with van der Waals surface area (Å²) in [7, 11) is 0. The van der Waals surface area contributed by atoms with E-state index in [9.17, 15) is 9.59 Å². The lowest BCUT2D eigenvalue weighted by molar-refractivity contribution is -0.142. The van der Waals surface area contributed by atoms with E-state index in [-0.39, 0.29) is 30.7 Å². The van der Waals surface area contributed by atoms with Crippen molar-refractivity contribution >= 4 is 11.9 Å². The number of rotatable bonds is 5. The van der Waals surface area contributed by atoms with E-state index in [1.165, 1.54) is 0 Å². The minimum absolute atomic E-state index is 0.0387. The van der Waals surface area contributed by atoms with Crippen LogP contribution in [-0.4, -0.2) is 43.6 Å². The first-order chi connectivity index (χ1) is 9.99. The summed E-state index contributed by atoms with van der Waals surface area (Å²) in [4.78, 5) is 29.1. The molecule has 1 atom stereocenters. The van der Waals surface area contributed by atoms with Crippen molar-refractivity contribution in [3.05, 3.63) is 11.6 Å². The van der Waals surface area contributed by atoms with E-state index >= 15 is 0 Å². The van der Waals surface area contributed by atoms with E-state index in [2.05, 4.69) is 15.2 Å². The number of carboxylic acids is 1. The maximum Gasteiger partial charge on any atom is 0.303 e. The number of hydrogen-bond donors (Lipinski definition) is 2. The Morgan fingerprint density at radius 3 is 2.76 bits per heavy atom. The first-order valence-electron chi connectivity index (χ1n) is 7.42. The average molecular weight is 294 g/mol. The predicted molar refractivity (Wildman–Crippen MR) is 75.6 cm³/mol. The third kappa shape index (κ3) is 3.80. The smallest absolute Gasteiger partial charge is 0.303 e. The molecule has 1 fully saturated rings. The van der Waals surface area contributed by atoms with E-state index in [0.29, 0.717) is 12.4 Å². The van der Waals surface area contributed by atoms with Crippen molar-refractivity contribution in [2.45, 2.75) is 57.9 Å². The molecule has 1 aromatic heterocycles. The van der Waals surface area contributed by atoms with Crippen molar-refractivity contribution < 1.29 is 14.7 Å². The lowest BCUT2D eigenvalue weighted by Crippen LogP contribution is -2.39. The fourth-order valence-electron chi connectivity index (χ4n) is 2.57. The maximum absolute atomic E-state index is 12.2. The number of carboxylic acid groups (broad SMARTS) is 1. The molecule has 116 valence electrons. The summed E-state index contributed by atoms with van der Waals surface area (Å²) in [5, 5.41) is 15.8. The van der Waals surface area contributed by atoms with Gasteiger partial charge in [-0.15, -0.1) is 0 Å². The molecular formula is C14H22N4O3. The Morgan fingerprint density at radius 2 is 2.14 bits per heavy atom. The summed E-state index contributed by atoms with van der Waals surface area (Å²) < 4.78 is 0. The van der Waals surface area contributed by atoms with Gasteiger partial charge in [-0.25, -0.2) is 4.98 Å². The van der Waals surface area contributed by atoms with E-state index < -0.39 is 5.97 Å². The molecule has 7 heteroatoms. The highest BCUT2D eigenvalue weighted by Gasteiger charge is 2.30. The monoisotopic (exact) mass is 294 g/mol. The molecule has 2 heterocycles. The van der Waals surface area contributed by atoms with Crippen molar-refractivity contribution in [1.82, 2.24) is 20.1 Å². The zero-order valence-electron chi connectivity index (χ0n) is 12.5. The van der Waals surface area contributed by atoms with Gasteiger partial charge in [0.05, 0.1) is 12.5 Å². The number of nitrogens with one attached hydrogen (secondary N) is 1. The van der Waals surface area contributed by atoms with Crippen molar-refractivity contribution in [2.75, 3.05) is 6.54 Å². The van der Waals surface area contributed by atoms with E-state index in [0.717, 1.165) is 25.1 Å². The Bertz CT molecular complexity index is 512. The molecule has 1 aromatic rings. The first kappa shape index (κ1) is 15.5. The Balaban J connectivity index is 2.10. The highest BCUT2D eigenvalue weighted by molar-refractivity contribution is 5.81. The highest BCUT2D eigenvalue weighted by atomic mass is 16.4. The molecule has 0 spiro atoms. The van der Waals surface area contributed by atoms with Gasteiger partial charge in [-0.3, -0.25) is 14.7 Å². The highest BCUT2D eigenvalue weighted by Crippen LogP contribution is 2.30. The lowest BCUT2D eigenvalue weighted by Gasteiger charge is -2.34. The van der Waals surface area contributed by atoms with Crippen LogP contribution in [0.5, 0.6) is 0 Å². The molecule has 0 aromatic carbocycles. The number of aromatic amines is 1. The van der Waals surface area contributed by atoms with Gasteiger partial charge >= 0.3 is 5.97 Å². The molecule has 1 amide bonds. The summed E-state index contributed by atoms with van der Waals surface area (Å²) in [5.74, 6) is 0.619. The molecule has 1 unspecified atom stereocenters. The van der Waals surface area contributed by atoms with Crippen molar-refractivity contribution in [1.29, 1.82) is 0 Å². The number of carbonyl (C=O) groups excluding carboxylic acids is 1. The van der Waals surface area contributed by atoms with Crippen LogP contribution in [0.4, 0.5) is 0 Å². The number of aliphatic carboxylic acids is 1. The summed E-state index contributed by atoms with van der Waals surface area (Å²) in [6.07, 6.45) is 2.73. The third-order valence-corrected chi connectivity index (χ3v) is 3.73. The molecule has 1 aliphatic heterocycles. The number of aromatic nitrogens is 3. The van der Waals surface area contributed by atoms with E-state index in [1.807, 2.05) is 13.8 Å². The first-order valence-corrected chi connectivity index (χ1v) is 7.42. The molecule has 0 aliphatic carbocycles. The van der Waals surface area contributed by atoms with Gasteiger partial charge in [-0.2, -0.15) is 5.10 Å². The Hall–Kier alpha value is -1.92. The predicted octanol–water partition coefficient (Wildman–Crippen LogP) is 1.85. The fraction of sp³-hybridized carbons (Fsp3) is 0.714. The van der Waals surface area contributed by atoms with Gasteiger partial charge in [0.15, 0.2) is 5.82 Å². The molecule has 0 bridgehead atoms. The number of nitrogens with zero attached hydrogens (tertiary/aromatic N) is 3. The standard InChI is InChI=1S/C14H22N4O3/c1-9(2)13-15-14(17-16-13)10-5-3-4-8-18(10)11(19)6-7-12(20)21/h9-10H,3-8H2,1-2H3,(H,20,21)(H,15,16,17). The Kier molecular flexibility index (Phi) is 4.93. The van der Waals surface area contributed by atoms with Gasteiger partial charge in [0, 0.05) is 18.9 Å². The number of amides is 1. The van der Waals surface area contributed by atoms with E-state index in [4.69, 9.17) is 5.11 Å². The Labute approximate surface area is 123 Å². The van der Waals surface area contributed by atoms with Crippen LogP contribution in [0.1, 0.15) is 69.6 Å². The summed E-state index contributed by atoms with van der Waals surface area (Å²) >= 11 is 0. The van der Waals surface area contributed by atoms with Crippen molar-refractivity contribution in [2.24, 2.45) is 0 Å². The largest absolute Gasteiger partial charge is 0.481 e. The van der Waals surface area contributed by atoms with Crippen LogP contribution in [0.15, 0.2) is 0 Å². The second-order valence-corrected chi connectivity index (χ2v) is 5.73. The Morgan fingerprint density at radius 1 is 1.38 bits per heavy atom. The number of hydrogen-bond acceptors (Lipinski definition) is 4. The summed E-state index contributed by atoms with van der Waals surface area (Å²) in [5.41, 5.74) is 0. The summed E-state index contributed by atoms with van der Waals surface area (Å²) in [6.45, 7) is 4.69. The molecule has 1 saturated heterocycles. The van der Waals surface area contributed by atoms with Gasteiger partial charge in [0.1, 0.15) is 5.82 Å². The van der Waals surface area contributed by atoms with Gasteiger partial charge in [-0.05, 0) is 19.3 Å². The average Bonchev–Trinajstić information content (AvgIpc) is 2.94. The van der Waals surface area contributed by atoms with Crippen LogP contribution in [0.3, 0.4) is 0 Å². The molecule has 2 rings (SSSR count). The topological polar surface area (TPSA) is 99.2 Å². The van der Waals surface area contributed by atoms with E-state index in [1.54, 1.807) is 4.90 Å². The molecule has 0 saturated carbocycles. The second kappa shape index (κ2) is 6.69. The summed E-state index contributed by atoms with van der Waals surface area (Å²) in [6, 6.07) is -0.111. The minimum Gasteiger partial charge on any atom is -0.481 e. The van der Waals surface area contributed by atoms with Crippen LogP contribution >= 0.6 is 0 Å². The third-order valence-electron chi connectivity index (χ3n) is 3.73. The molecular weight excluding hydrogens is 272 g/mol. The van der Waals surface area contributed by atoms with Gasteiger partial charge in [-0.1, -0.05) is 13.8 Å². The lowest BCUT2D eigenvalue weighted by atomic mass is 10.0. The van der Waals surface area contributed by atoms with Crippen LogP contribution in [0.25, 0.3) is 0 Å². The zero-order chi connectivity index (χ0) is 15.4. The zero-order valence-corrected chi connectivity index (χ0v) is 12.5. The number of carbonyl (C=O) groups is 2. The normalized spacial score (nSPS) is 19.0. The van der Waals surface area contributed by atoms with Crippen LogP contribution in [0, 0.1) is 0 Å². The minimum atomic E-state index is -0.946. The quantitative estimate of drug-likeness (QED) is 0.863. The van der Waals surface area contributed by atoms with Gasteiger partial charge in [0.25, 0.3) is 0 Å². The SMILES string of the molecule is CC(C)c1n[nH]c(C2CCCCN2C(=O)CCC(=O)O)n1. The maximum atomic E-state index is 12.2. The van der Waals surface area contributed by atoms with Crippen LogP contribution < -0.4 is 0 Å². The second-order valence-electron chi connectivity index (χ2n) is 5.73. The van der Waals surface area contributed by atoms with Gasteiger partial charge in [0.2, 0.25) is 5.91 Å². The molecule has 21 heavy (non-hydrogen) atoms.